The van der Waals surface area contributed by atoms with Gasteiger partial charge in [-0.3, -0.25) is 0 Å². The van der Waals surface area contributed by atoms with E-state index in [9.17, 15) is 4.39 Å². The highest BCUT2D eigenvalue weighted by Gasteiger charge is 2.34. The molecule has 0 radical (unpaired) electrons. The van der Waals surface area contributed by atoms with Crippen molar-refractivity contribution >= 4 is 22.6 Å². The fourth-order valence-electron chi connectivity index (χ4n) is 9.55. The molecular formula is C58H100FIO2. The van der Waals surface area contributed by atoms with Crippen molar-refractivity contribution in [1.82, 2.24) is 0 Å². The third-order valence-electron chi connectivity index (χ3n) is 14.6. The highest BCUT2D eigenvalue weighted by molar-refractivity contribution is 14.1. The largest absolute Gasteiger partial charge is 0.495 e. The van der Waals surface area contributed by atoms with Gasteiger partial charge in [0.2, 0.25) is 0 Å². The minimum atomic E-state index is -0.0917. The molecule has 3 rings (SSSR count). The average Bonchev–Trinajstić information content (AvgIpc) is 3.26. The Labute approximate surface area is 399 Å². The summed E-state index contributed by atoms with van der Waals surface area (Å²) < 4.78 is 28.6. The fourth-order valence-corrected chi connectivity index (χ4v) is 10.2. The Bertz CT molecular complexity index is 1460. The monoisotopic (exact) mass is 975 g/mol. The van der Waals surface area contributed by atoms with Crippen LogP contribution in [0.15, 0.2) is 32.6 Å². The second kappa shape index (κ2) is 33.2. The lowest BCUT2D eigenvalue weighted by molar-refractivity contribution is 0.0206. The van der Waals surface area contributed by atoms with Crippen molar-refractivity contribution in [3.05, 3.63) is 60.7 Å². The van der Waals surface area contributed by atoms with Crippen molar-refractivity contribution in [2.45, 2.75) is 299 Å². The molecule has 1 aromatic rings. The van der Waals surface area contributed by atoms with Crippen molar-refractivity contribution < 1.29 is 13.9 Å². The van der Waals surface area contributed by atoms with Gasteiger partial charge in [0.1, 0.15) is 22.8 Å². The predicted molar refractivity (Wildman–Crippen MR) is 281 cm³/mol. The molecule has 0 bridgehead atoms. The van der Waals surface area contributed by atoms with Gasteiger partial charge in [0.15, 0.2) is 0 Å². The summed E-state index contributed by atoms with van der Waals surface area (Å²) in [5, 5.41) is 0. The molecule has 0 aliphatic carbocycles. The Morgan fingerprint density at radius 2 is 0.919 bits per heavy atom. The molecule has 2 heterocycles. The summed E-state index contributed by atoms with van der Waals surface area (Å²) in [6, 6.07) is 0. The van der Waals surface area contributed by atoms with Gasteiger partial charge < -0.3 is 9.47 Å². The first-order valence-corrected chi connectivity index (χ1v) is 27.7. The van der Waals surface area contributed by atoms with Gasteiger partial charge in [-0.15, -0.1) is 0 Å². The van der Waals surface area contributed by atoms with Gasteiger partial charge in [-0.2, -0.15) is 0 Å². The van der Waals surface area contributed by atoms with Crippen LogP contribution in [0, 0.1) is 26.6 Å². The number of rotatable bonds is 30. The van der Waals surface area contributed by atoms with Crippen molar-refractivity contribution in [2.75, 3.05) is 0 Å². The van der Waals surface area contributed by atoms with E-state index < -0.39 is 0 Å². The fraction of sp³-hybridized carbons (Fsp3) is 0.793. The predicted octanol–water partition coefficient (Wildman–Crippen LogP) is 20.7. The van der Waals surface area contributed by atoms with Crippen LogP contribution < -0.4 is 4.74 Å². The molecule has 1 aromatic carbocycles. The van der Waals surface area contributed by atoms with Crippen LogP contribution in [-0.2, 0) is 11.2 Å². The van der Waals surface area contributed by atoms with Crippen LogP contribution >= 0.6 is 22.6 Å². The molecule has 2 atom stereocenters. The van der Waals surface area contributed by atoms with E-state index in [0.29, 0.717) is 0 Å². The van der Waals surface area contributed by atoms with E-state index in [1.165, 1.54) is 207 Å². The first-order valence-electron chi connectivity index (χ1n) is 26.6. The number of unbranched alkanes of at least 4 members (excludes halogenated alkanes) is 26. The highest BCUT2D eigenvalue weighted by Crippen LogP contribution is 2.42. The SMILES string of the molecule is CCCCCCCCCCCCCCCC[C@]1(C)CC/C=C(C)/C(I)=C(C)\C(C)=C\O1.CCCCCCCCCCCCCCCC[C@]1(C)CCc2c(C)c(F)c(C)c(C)c2O1. The molecule has 0 N–H and O–H groups in total. The van der Waals surface area contributed by atoms with Gasteiger partial charge in [0.05, 0.1) is 6.26 Å². The molecule has 0 spiro atoms. The second-order valence-electron chi connectivity index (χ2n) is 20.5. The minimum Gasteiger partial charge on any atom is -0.495 e. The van der Waals surface area contributed by atoms with Crippen molar-refractivity contribution in [1.29, 1.82) is 0 Å². The molecule has 0 saturated heterocycles. The normalized spacial score (nSPS) is 22.1. The topological polar surface area (TPSA) is 18.5 Å². The molecule has 0 unspecified atom stereocenters. The lowest BCUT2D eigenvalue weighted by Gasteiger charge is -2.38. The third-order valence-corrected chi connectivity index (χ3v) is 16.2. The molecule has 0 saturated carbocycles. The summed E-state index contributed by atoms with van der Waals surface area (Å²) in [6.07, 6.45) is 50.2. The van der Waals surface area contributed by atoms with Gasteiger partial charge in [0, 0.05) is 9.14 Å². The standard InChI is InChI=1S/C29H49FO.C29H51IO/c1-6-7-8-9-10-11-12-13-14-15-16-17-18-19-21-29(5)22-20-26-25(4)27(30)23(2)24(3)28(26)31-29;1-6-7-8-9-10-11-12-13-14-15-16-17-18-19-22-29(5)23-20-21-25(2)28(30)27(4)26(3)24-31-29/h6-22H2,1-5H3;21,24H,6-20,22-23H2,1-5H3/b;25-21+,26-24+,28-27+/t2*29-/m11/s1. The Morgan fingerprint density at radius 3 is 1.35 bits per heavy atom. The molecule has 4 heteroatoms. The number of allylic oxidation sites excluding steroid dienone is 5. The number of ether oxygens (including phenoxy) is 2. The van der Waals surface area contributed by atoms with E-state index in [0.717, 1.165) is 60.1 Å². The number of hydrogen-bond acceptors (Lipinski definition) is 2. The summed E-state index contributed by atoms with van der Waals surface area (Å²) in [4.78, 5) is 0. The zero-order valence-corrected chi connectivity index (χ0v) is 44.9. The summed E-state index contributed by atoms with van der Waals surface area (Å²) in [5.74, 6) is 0.922. The Hall–Kier alpha value is -1.30. The highest BCUT2D eigenvalue weighted by atomic mass is 127. The van der Waals surface area contributed by atoms with E-state index in [1.54, 1.807) is 0 Å². The Morgan fingerprint density at radius 1 is 0.516 bits per heavy atom. The Kier molecular flexibility index (Phi) is 30.4. The van der Waals surface area contributed by atoms with E-state index in [-0.39, 0.29) is 17.0 Å². The lowest BCUT2D eigenvalue weighted by atomic mass is 9.84. The van der Waals surface area contributed by atoms with Crippen LogP contribution in [-0.4, -0.2) is 11.2 Å². The van der Waals surface area contributed by atoms with Crippen LogP contribution in [0.2, 0.25) is 0 Å². The van der Waals surface area contributed by atoms with Crippen LogP contribution in [0.4, 0.5) is 4.39 Å². The number of fused-ring (bicyclic) bond motifs is 1. The molecule has 0 amide bonds. The zero-order valence-electron chi connectivity index (χ0n) is 42.8. The smallest absolute Gasteiger partial charge is 0.129 e. The molecule has 62 heavy (non-hydrogen) atoms. The van der Waals surface area contributed by atoms with Gasteiger partial charge in [0.25, 0.3) is 0 Å². The van der Waals surface area contributed by atoms with Crippen LogP contribution in [0.25, 0.3) is 0 Å². The van der Waals surface area contributed by atoms with Gasteiger partial charge in [-0.05, 0) is 163 Å². The minimum absolute atomic E-state index is 0.0295. The summed E-state index contributed by atoms with van der Waals surface area (Å²) in [5.41, 5.74) is 7.51. The number of hydrogen-bond donors (Lipinski definition) is 0. The second-order valence-corrected chi connectivity index (χ2v) is 21.6. The average molecular weight is 975 g/mol. The van der Waals surface area contributed by atoms with Crippen molar-refractivity contribution in [3.63, 3.8) is 0 Å². The van der Waals surface area contributed by atoms with Gasteiger partial charge in [-0.25, -0.2) is 4.39 Å². The summed E-state index contributed by atoms with van der Waals surface area (Å²) in [7, 11) is 0. The van der Waals surface area contributed by atoms with Crippen LogP contribution in [0.5, 0.6) is 5.75 Å². The maximum atomic E-state index is 14.4. The van der Waals surface area contributed by atoms with Gasteiger partial charge in [-0.1, -0.05) is 187 Å². The summed E-state index contributed by atoms with van der Waals surface area (Å²) in [6.45, 7) is 21.6. The zero-order chi connectivity index (χ0) is 45.6. The first kappa shape index (κ1) is 56.8. The molecule has 2 nitrogen and oxygen atoms in total. The van der Waals surface area contributed by atoms with Crippen LogP contribution in [0.1, 0.15) is 283 Å². The van der Waals surface area contributed by atoms with Crippen molar-refractivity contribution in [2.24, 2.45) is 0 Å². The molecule has 2 aliphatic heterocycles. The molecule has 2 aliphatic rings. The number of halogens is 2. The Balaban J connectivity index is 0.000000427. The molecule has 358 valence electrons. The molecule has 0 fully saturated rings. The maximum Gasteiger partial charge on any atom is 0.129 e. The van der Waals surface area contributed by atoms with Gasteiger partial charge >= 0.3 is 0 Å². The van der Waals surface area contributed by atoms with E-state index >= 15 is 0 Å². The number of benzene rings is 1. The quantitative estimate of drug-likeness (QED) is 0.0565. The van der Waals surface area contributed by atoms with Crippen LogP contribution in [0.3, 0.4) is 0 Å². The molecular weight excluding hydrogens is 875 g/mol. The van der Waals surface area contributed by atoms with E-state index in [1.807, 2.05) is 27.0 Å². The maximum absolute atomic E-state index is 14.4. The summed E-state index contributed by atoms with van der Waals surface area (Å²) >= 11 is 2.47. The lowest BCUT2D eigenvalue weighted by Crippen LogP contribution is -2.37. The molecule has 0 aromatic heterocycles. The first-order chi connectivity index (χ1) is 29.8. The van der Waals surface area contributed by atoms with E-state index in [2.05, 4.69) is 77.1 Å². The van der Waals surface area contributed by atoms with Crippen molar-refractivity contribution in [3.8, 4) is 5.75 Å². The van der Waals surface area contributed by atoms with E-state index in [4.69, 9.17) is 9.47 Å². The third kappa shape index (κ3) is 22.7.